The molecule has 2 N–H and O–H groups in total. The summed E-state index contributed by atoms with van der Waals surface area (Å²) in [4.78, 5) is 28.6. The maximum absolute atomic E-state index is 12.4. The Bertz CT molecular complexity index is 946. The first-order valence-electron chi connectivity index (χ1n) is 7.44. The lowest BCUT2D eigenvalue weighted by atomic mass is 9.98. The predicted molar refractivity (Wildman–Crippen MR) is 84.2 cm³/mol. The Balaban J connectivity index is 1.71. The molecular formula is C16H14N4O4. The molecule has 1 amide bonds. The fourth-order valence-corrected chi connectivity index (χ4v) is 2.97. The second-order valence-corrected chi connectivity index (χ2v) is 5.82. The van der Waals surface area contributed by atoms with Crippen LogP contribution < -0.4 is 4.90 Å². The van der Waals surface area contributed by atoms with Gasteiger partial charge in [0.15, 0.2) is 5.78 Å². The van der Waals surface area contributed by atoms with Gasteiger partial charge in [0.25, 0.3) is 11.8 Å². The maximum atomic E-state index is 12.4. The number of amides is 1. The molecule has 4 rings (SSSR count). The van der Waals surface area contributed by atoms with Crippen molar-refractivity contribution in [3.63, 3.8) is 0 Å². The molecule has 3 aromatic rings. The molecule has 8 heteroatoms. The number of nitrogens with one attached hydrogen (secondary N) is 1. The van der Waals surface area contributed by atoms with Crippen LogP contribution in [0.5, 0.6) is 0 Å². The van der Waals surface area contributed by atoms with Gasteiger partial charge in [-0.1, -0.05) is 0 Å². The van der Waals surface area contributed by atoms with Gasteiger partial charge in [-0.2, -0.15) is 0 Å². The monoisotopic (exact) mass is 326 g/mol. The lowest BCUT2D eigenvalue weighted by molar-refractivity contribution is -0.146. The molecule has 122 valence electrons. The van der Waals surface area contributed by atoms with Crippen LogP contribution in [0.1, 0.15) is 13.3 Å². The van der Waals surface area contributed by atoms with Gasteiger partial charge in [-0.15, -0.1) is 10.2 Å². The average molecular weight is 326 g/mol. The van der Waals surface area contributed by atoms with Crippen molar-refractivity contribution in [3.05, 3.63) is 30.7 Å². The third kappa shape index (κ3) is 2.04. The molecule has 1 saturated heterocycles. The van der Waals surface area contributed by atoms with Gasteiger partial charge in [0.1, 0.15) is 5.69 Å². The first-order valence-corrected chi connectivity index (χ1v) is 7.44. The SMILES string of the molecule is CC(=O)[C@@]1(O)CCN(c2ccc3[nH]c(-c4nnco4)cc3c2)C1=O. The Morgan fingerprint density at radius 1 is 1.42 bits per heavy atom. The minimum absolute atomic E-state index is 0.0968. The van der Waals surface area contributed by atoms with Crippen LogP contribution in [0.25, 0.3) is 22.5 Å². The molecule has 1 fully saturated rings. The van der Waals surface area contributed by atoms with Crippen molar-refractivity contribution in [1.29, 1.82) is 0 Å². The number of ketones is 1. The minimum Gasteiger partial charge on any atom is -0.422 e. The number of rotatable bonds is 3. The zero-order chi connectivity index (χ0) is 16.9. The molecule has 1 atom stereocenters. The first-order chi connectivity index (χ1) is 11.5. The van der Waals surface area contributed by atoms with Gasteiger partial charge >= 0.3 is 0 Å². The smallest absolute Gasteiger partial charge is 0.266 e. The lowest BCUT2D eigenvalue weighted by Gasteiger charge is -2.20. The van der Waals surface area contributed by atoms with E-state index in [-0.39, 0.29) is 6.42 Å². The Morgan fingerprint density at radius 3 is 2.92 bits per heavy atom. The van der Waals surface area contributed by atoms with E-state index < -0.39 is 17.3 Å². The highest BCUT2D eigenvalue weighted by Gasteiger charge is 2.49. The summed E-state index contributed by atoms with van der Waals surface area (Å²) in [5.74, 6) is -0.741. The Hall–Kier alpha value is -3.00. The molecule has 0 aliphatic carbocycles. The van der Waals surface area contributed by atoms with E-state index in [0.717, 1.165) is 10.9 Å². The fourth-order valence-electron chi connectivity index (χ4n) is 2.97. The van der Waals surface area contributed by atoms with Crippen LogP contribution in [0, 0.1) is 0 Å². The highest BCUT2D eigenvalue weighted by molar-refractivity contribution is 6.16. The molecule has 0 bridgehead atoms. The predicted octanol–water partition coefficient (Wildman–Crippen LogP) is 1.27. The summed E-state index contributed by atoms with van der Waals surface area (Å²) < 4.78 is 5.16. The van der Waals surface area contributed by atoms with Crippen LogP contribution in [0.3, 0.4) is 0 Å². The van der Waals surface area contributed by atoms with E-state index in [1.807, 2.05) is 18.2 Å². The summed E-state index contributed by atoms with van der Waals surface area (Å²) in [5, 5.41) is 18.6. The molecule has 8 nitrogen and oxygen atoms in total. The first kappa shape index (κ1) is 14.6. The number of fused-ring (bicyclic) bond motifs is 1. The summed E-state index contributed by atoms with van der Waals surface area (Å²) in [6.45, 7) is 1.52. The third-order valence-electron chi connectivity index (χ3n) is 4.39. The van der Waals surface area contributed by atoms with Crippen molar-refractivity contribution in [3.8, 4) is 11.6 Å². The molecular weight excluding hydrogens is 312 g/mol. The van der Waals surface area contributed by atoms with E-state index in [0.29, 0.717) is 23.8 Å². The molecule has 0 radical (unpaired) electrons. The zero-order valence-corrected chi connectivity index (χ0v) is 12.8. The van der Waals surface area contributed by atoms with Crippen molar-refractivity contribution in [2.75, 3.05) is 11.4 Å². The molecule has 3 heterocycles. The number of aromatic nitrogens is 3. The van der Waals surface area contributed by atoms with E-state index in [1.165, 1.54) is 18.2 Å². The van der Waals surface area contributed by atoms with Crippen LogP contribution in [0.15, 0.2) is 35.1 Å². The van der Waals surface area contributed by atoms with E-state index in [9.17, 15) is 14.7 Å². The quantitative estimate of drug-likeness (QED) is 0.701. The van der Waals surface area contributed by atoms with Gasteiger partial charge in [-0.3, -0.25) is 9.59 Å². The van der Waals surface area contributed by atoms with E-state index in [2.05, 4.69) is 15.2 Å². The topological polar surface area (TPSA) is 112 Å². The number of Topliss-reactive ketones (excluding diaryl/α,β-unsaturated/α-hetero) is 1. The molecule has 1 aromatic carbocycles. The van der Waals surface area contributed by atoms with Crippen molar-refractivity contribution in [2.24, 2.45) is 0 Å². The van der Waals surface area contributed by atoms with Crippen LogP contribution in [-0.4, -0.2) is 44.1 Å². The largest absolute Gasteiger partial charge is 0.422 e. The number of anilines is 1. The highest BCUT2D eigenvalue weighted by atomic mass is 16.4. The number of aromatic amines is 1. The molecule has 0 spiro atoms. The zero-order valence-electron chi connectivity index (χ0n) is 12.8. The normalized spacial score (nSPS) is 20.9. The van der Waals surface area contributed by atoms with Crippen LogP contribution in [0.2, 0.25) is 0 Å². The van der Waals surface area contributed by atoms with Gasteiger partial charge in [0, 0.05) is 29.6 Å². The average Bonchev–Trinajstić information content (AvgIpc) is 3.27. The summed E-state index contributed by atoms with van der Waals surface area (Å²) >= 11 is 0. The van der Waals surface area contributed by atoms with Gasteiger partial charge in [0.05, 0.1) is 0 Å². The number of H-pyrrole nitrogens is 1. The molecule has 2 aromatic heterocycles. The van der Waals surface area contributed by atoms with Crippen molar-refractivity contribution in [2.45, 2.75) is 18.9 Å². The number of nitrogens with zero attached hydrogens (tertiary/aromatic N) is 3. The van der Waals surface area contributed by atoms with Gasteiger partial charge in [0.2, 0.25) is 12.0 Å². The van der Waals surface area contributed by atoms with Crippen LogP contribution in [0.4, 0.5) is 5.69 Å². The van der Waals surface area contributed by atoms with E-state index in [4.69, 9.17) is 4.42 Å². The number of carbonyl (C=O) groups excluding carboxylic acids is 2. The van der Waals surface area contributed by atoms with Crippen LogP contribution in [-0.2, 0) is 9.59 Å². The fraction of sp³-hybridized carbons (Fsp3) is 0.250. The lowest BCUT2D eigenvalue weighted by Crippen LogP contribution is -2.45. The number of aliphatic hydroxyl groups is 1. The van der Waals surface area contributed by atoms with Crippen molar-refractivity contribution >= 4 is 28.3 Å². The Morgan fingerprint density at radius 2 is 2.25 bits per heavy atom. The number of carbonyl (C=O) groups is 2. The Kier molecular flexibility index (Phi) is 3.04. The van der Waals surface area contributed by atoms with E-state index >= 15 is 0 Å². The highest BCUT2D eigenvalue weighted by Crippen LogP contribution is 2.32. The summed E-state index contributed by atoms with van der Waals surface area (Å²) in [6.07, 6.45) is 1.34. The minimum atomic E-state index is -1.91. The number of hydrogen-bond acceptors (Lipinski definition) is 6. The number of benzene rings is 1. The van der Waals surface area contributed by atoms with Crippen molar-refractivity contribution < 1.29 is 19.1 Å². The summed E-state index contributed by atoms with van der Waals surface area (Å²) in [6, 6.07) is 7.24. The molecule has 1 aliphatic rings. The summed E-state index contributed by atoms with van der Waals surface area (Å²) in [5.41, 5.74) is 0.232. The Labute approximate surface area is 136 Å². The summed E-state index contributed by atoms with van der Waals surface area (Å²) in [7, 11) is 0. The maximum Gasteiger partial charge on any atom is 0.266 e. The second kappa shape index (κ2) is 5.00. The third-order valence-corrected chi connectivity index (χ3v) is 4.39. The van der Waals surface area contributed by atoms with E-state index in [1.54, 1.807) is 6.07 Å². The molecule has 24 heavy (non-hydrogen) atoms. The molecule has 0 unspecified atom stereocenters. The van der Waals surface area contributed by atoms with Gasteiger partial charge in [-0.05, 0) is 31.2 Å². The number of hydrogen-bond donors (Lipinski definition) is 2. The van der Waals surface area contributed by atoms with Crippen LogP contribution >= 0.6 is 0 Å². The van der Waals surface area contributed by atoms with Crippen molar-refractivity contribution in [1.82, 2.24) is 15.2 Å². The molecule has 0 saturated carbocycles. The second-order valence-electron chi connectivity index (χ2n) is 5.82. The van der Waals surface area contributed by atoms with Gasteiger partial charge < -0.3 is 19.4 Å². The standard InChI is InChI=1S/C16H14N4O4/c1-9(21)16(23)4-5-20(15(16)22)11-2-3-12-10(6-11)7-13(18-12)14-19-17-8-24-14/h2-3,6-8,18,23H,4-5H2,1H3/t16-/m0/s1. The molecule has 1 aliphatic heterocycles. The van der Waals surface area contributed by atoms with Gasteiger partial charge in [-0.25, -0.2) is 0 Å².